The van der Waals surface area contributed by atoms with Crippen LogP contribution < -0.4 is 15.4 Å². The number of ether oxygens (including phenoxy) is 3. The smallest absolute Gasteiger partial charge is 0.270 e. The van der Waals surface area contributed by atoms with Gasteiger partial charge < -0.3 is 24.6 Å². The van der Waals surface area contributed by atoms with E-state index in [1.165, 1.54) is 32.4 Å². The largest absolute Gasteiger partial charge is 0.479 e. The van der Waals surface area contributed by atoms with Crippen LogP contribution in [0.3, 0.4) is 0 Å². The molecule has 1 heterocycles. The van der Waals surface area contributed by atoms with Gasteiger partial charge in [-0.15, -0.1) is 0 Å². The lowest BCUT2D eigenvalue weighted by Gasteiger charge is -2.45. The second-order valence-electron chi connectivity index (χ2n) is 7.61. The average molecular weight is 455 g/mol. The third-order valence-electron chi connectivity index (χ3n) is 5.48. The Hall–Kier alpha value is -3.72. The number of fused-ring (bicyclic) bond motifs is 1. The molecule has 0 saturated carbocycles. The first kappa shape index (κ1) is 23.9. The lowest BCUT2D eigenvalue weighted by atomic mass is 9.84. The highest BCUT2D eigenvalue weighted by Crippen LogP contribution is 2.45. The molecule has 0 aromatic heterocycles. The van der Waals surface area contributed by atoms with E-state index in [-0.39, 0.29) is 23.0 Å². The van der Waals surface area contributed by atoms with Gasteiger partial charge in [0.1, 0.15) is 17.9 Å². The molecule has 174 valence electrons. The first-order valence-electron chi connectivity index (χ1n) is 10.0. The van der Waals surface area contributed by atoms with Crippen LogP contribution in [0.25, 0.3) is 0 Å². The number of anilines is 1. The van der Waals surface area contributed by atoms with Crippen LogP contribution in [0.4, 0.5) is 11.4 Å². The van der Waals surface area contributed by atoms with Crippen LogP contribution in [-0.2, 0) is 9.47 Å². The van der Waals surface area contributed by atoms with Crippen LogP contribution in [0.1, 0.15) is 24.1 Å². The Bertz CT molecular complexity index is 1100. The van der Waals surface area contributed by atoms with Gasteiger partial charge in [0, 0.05) is 37.6 Å². The first-order valence-corrected chi connectivity index (χ1v) is 10.0. The molecule has 0 spiro atoms. The van der Waals surface area contributed by atoms with Gasteiger partial charge in [-0.2, -0.15) is 5.26 Å². The predicted octanol–water partition coefficient (Wildman–Crippen LogP) is 2.61. The molecule has 33 heavy (non-hydrogen) atoms. The van der Waals surface area contributed by atoms with Crippen molar-refractivity contribution in [3.8, 4) is 11.9 Å². The average Bonchev–Trinajstić information content (AvgIpc) is 2.79. The summed E-state index contributed by atoms with van der Waals surface area (Å²) in [5.41, 5.74) is 0.265. The van der Waals surface area contributed by atoms with Crippen molar-refractivity contribution in [2.24, 2.45) is 4.99 Å². The summed E-state index contributed by atoms with van der Waals surface area (Å²) in [6.07, 6.45) is -0.519. The SMILES string of the molecule is COC(OC)[C@]1(C)Oc2ccc([N+](=O)[O-])cc2[C@@H](N=C(NC#N)Nc2ccccc2C)[C@@H]1O. The van der Waals surface area contributed by atoms with Crippen molar-refractivity contribution >= 4 is 17.3 Å². The molecule has 3 atom stereocenters. The quantitative estimate of drug-likeness (QED) is 0.113. The zero-order chi connectivity index (χ0) is 24.2. The van der Waals surface area contributed by atoms with Gasteiger partial charge in [-0.25, -0.2) is 4.99 Å². The van der Waals surface area contributed by atoms with Gasteiger partial charge in [0.05, 0.1) is 4.92 Å². The summed E-state index contributed by atoms with van der Waals surface area (Å²) in [7, 11) is 2.81. The van der Waals surface area contributed by atoms with Crippen LogP contribution in [0.2, 0.25) is 0 Å². The molecule has 3 rings (SSSR count). The molecule has 1 aliphatic heterocycles. The first-order chi connectivity index (χ1) is 15.7. The fourth-order valence-electron chi connectivity index (χ4n) is 3.77. The molecule has 11 heteroatoms. The van der Waals surface area contributed by atoms with Gasteiger partial charge in [0.25, 0.3) is 5.69 Å². The zero-order valence-corrected chi connectivity index (χ0v) is 18.6. The molecule has 0 saturated heterocycles. The number of aliphatic hydroxyl groups is 1. The van der Waals surface area contributed by atoms with Crippen LogP contribution in [-0.4, -0.2) is 48.2 Å². The van der Waals surface area contributed by atoms with Crippen LogP contribution in [0, 0.1) is 28.5 Å². The number of benzene rings is 2. The summed E-state index contributed by atoms with van der Waals surface area (Å²) in [6, 6.07) is 10.3. The van der Waals surface area contributed by atoms with Crippen molar-refractivity contribution in [1.82, 2.24) is 5.32 Å². The summed E-state index contributed by atoms with van der Waals surface area (Å²) >= 11 is 0. The number of hydrogen-bond donors (Lipinski definition) is 3. The Morgan fingerprint density at radius 2 is 2.03 bits per heavy atom. The molecule has 0 fully saturated rings. The summed E-state index contributed by atoms with van der Waals surface area (Å²) in [6.45, 7) is 3.47. The van der Waals surface area contributed by atoms with Gasteiger partial charge in [0.15, 0.2) is 18.1 Å². The van der Waals surface area contributed by atoms with E-state index in [0.717, 1.165) is 5.56 Å². The number of rotatable bonds is 6. The maximum Gasteiger partial charge on any atom is 0.270 e. The highest BCUT2D eigenvalue weighted by molar-refractivity contribution is 5.95. The molecule has 1 aliphatic rings. The van der Waals surface area contributed by atoms with Gasteiger partial charge in [-0.1, -0.05) is 18.2 Å². The Morgan fingerprint density at radius 3 is 2.64 bits per heavy atom. The number of nitro groups is 1. The molecule has 11 nitrogen and oxygen atoms in total. The number of para-hydroxylation sites is 1. The van der Waals surface area contributed by atoms with E-state index in [1.807, 2.05) is 31.3 Å². The highest BCUT2D eigenvalue weighted by Gasteiger charge is 2.52. The highest BCUT2D eigenvalue weighted by atomic mass is 16.7. The Labute approximate surface area is 190 Å². The van der Waals surface area contributed by atoms with Crippen molar-refractivity contribution in [1.29, 1.82) is 5.26 Å². The molecule has 2 aromatic carbocycles. The number of aliphatic hydroxyl groups excluding tert-OH is 1. The van der Waals surface area contributed by atoms with E-state index < -0.39 is 29.0 Å². The second-order valence-corrected chi connectivity index (χ2v) is 7.61. The van der Waals surface area contributed by atoms with Crippen LogP contribution >= 0.6 is 0 Å². The number of nitriles is 1. The lowest BCUT2D eigenvalue weighted by molar-refractivity contribution is -0.385. The zero-order valence-electron chi connectivity index (χ0n) is 18.6. The number of nitrogens with one attached hydrogen (secondary N) is 2. The minimum absolute atomic E-state index is 0.0453. The number of hydrogen-bond acceptors (Lipinski definition) is 8. The standard InChI is InChI=1S/C22H25N5O6/c1-13-7-5-6-8-16(13)25-21(24-12-23)26-18-15-11-14(27(29)30)9-10-17(15)33-22(2,19(18)28)20(31-3)32-4/h5-11,18-20,28H,1-4H3,(H2,24,25,26)/t18-,19+,22-/m1/s1. The second kappa shape index (κ2) is 9.83. The molecule has 0 aliphatic carbocycles. The van der Waals surface area contributed by atoms with E-state index in [1.54, 1.807) is 13.0 Å². The Balaban J connectivity index is 2.14. The van der Waals surface area contributed by atoms with E-state index in [0.29, 0.717) is 5.69 Å². The molecule has 0 radical (unpaired) electrons. The molecular weight excluding hydrogens is 430 g/mol. The maximum absolute atomic E-state index is 11.4. The maximum atomic E-state index is 11.4. The van der Waals surface area contributed by atoms with Crippen molar-refractivity contribution in [2.75, 3.05) is 19.5 Å². The van der Waals surface area contributed by atoms with Gasteiger partial charge in [-0.05, 0) is 31.5 Å². The monoisotopic (exact) mass is 455 g/mol. The molecule has 0 bridgehead atoms. The van der Waals surface area contributed by atoms with E-state index in [9.17, 15) is 20.5 Å². The van der Waals surface area contributed by atoms with Gasteiger partial charge in [0.2, 0.25) is 5.96 Å². The topological polar surface area (TPSA) is 151 Å². The van der Waals surface area contributed by atoms with Gasteiger partial charge in [-0.3, -0.25) is 15.4 Å². The number of aliphatic imine (C=N–C) groups is 1. The molecule has 2 aromatic rings. The minimum atomic E-state index is -1.42. The number of nitrogens with zero attached hydrogens (tertiary/aromatic N) is 3. The number of guanidine groups is 1. The molecule has 0 amide bonds. The minimum Gasteiger partial charge on any atom is -0.479 e. The third kappa shape index (κ3) is 4.73. The third-order valence-corrected chi connectivity index (χ3v) is 5.48. The summed E-state index contributed by atoms with van der Waals surface area (Å²) in [4.78, 5) is 15.4. The van der Waals surface area contributed by atoms with Crippen LogP contribution in [0.15, 0.2) is 47.5 Å². The summed E-state index contributed by atoms with van der Waals surface area (Å²) < 4.78 is 16.7. The summed E-state index contributed by atoms with van der Waals surface area (Å²) in [5.74, 6) is 0.317. The lowest BCUT2D eigenvalue weighted by Crippen LogP contribution is -2.59. The number of nitro benzene ring substituents is 1. The Kier molecular flexibility index (Phi) is 7.13. The number of non-ortho nitro benzene ring substituents is 1. The van der Waals surface area contributed by atoms with Crippen molar-refractivity contribution in [2.45, 2.75) is 37.9 Å². The predicted molar refractivity (Wildman–Crippen MR) is 120 cm³/mol. The van der Waals surface area contributed by atoms with Crippen molar-refractivity contribution in [3.05, 3.63) is 63.7 Å². The Morgan fingerprint density at radius 1 is 1.33 bits per heavy atom. The molecular formula is C22H25N5O6. The van der Waals surface area contributed by atoms with E-state index >= 15 is 0 Å². The van der Waals surface area contributed by atoms with Gasteiger partial charge >= 0.3 is 0 Å². The van der Waals surface area contributed by atoms with E-state index in [4.69, 9.17) is 14.2 Å². The fraction of sp³-hybridized carbons (Fsp3) is 0.364. The van der Waals surface area contributed by atoms with E-state index in [2.05, 4.69) is 15.6 Å². The fourth-order valence-corrected chi connectivity index (χ4v) is 3.77. The van der Waals surface area contributed by atoms with Crippen molar-refractivity contribution < 1.29 is 24.2 Å². The number of methoxy groups -OCH3 is 2. The summed E-state index contributed by atoms with van der Waals surface area (Å²) in [5, 5.41) is 37.5. The molecule has 0 unspecified atom stereocenters. The number of aryl methyl sites for hydroxylation is 1. The van der Waals surface area contributed by atoms with Crippen molar-refractivity contribution in [3.63, 3.8) is 0 Å². The molecule has 3 N–H and O–H groups in total. The normalized spacial score (nSPS) is 22.2. The van der Waals surface area contributed by atoms with Crippen LogP contribution in [0.5, 0.6) is 5.75 Å².